The lowest BCUT2D eigenvalue weighted by Gasteiger charge is -2.35. The van der Waals surface area contributed by atoms with Crippen molar-refractivity contribution >= 4 is 24.1 Å². The summed E-state index contributed by atoms with van der Waals surface area (Å²) in [5, 5.41) is 7.88. The van der Waals surface area contributed by atoms with Crippen molar-refractivity contribution in [3.63, 3.8) is 0 Å². The van der Waals surface area contributed by atoms with Gasteiger partial charge in [-0.25, -0.2) is 23.9 Å². The average molecular weight is 697 g/mol. The van der Waals surface area contributed by atoms with Gasteiger partial charge in [0.15, 0.2) is 11.5 Å². The molecule has 13 nitrogen and oxygen atoms in total. The number of likely N-dealkylation sites (tertiary alicyclic amines) is 1. The van der Waals surface area contributed by atoms with Crippen molar-refractivity contribution in [2.45, 2.75) is 25.8 Å². The van der Waals surface area contributed by atoms with Gasteiger partial charge in [0.05, 0.1) is 50.3 Å². The molecule has 0 radical (unpaired) electrons. The monoisotopic (exact) mass is 696 g/mol. The molecule has 6 heterocycles. The molecule has 4 aromatic rings. The first-order valence-corrected chi connectivity index (χ1v) is 17.7. The number of hydrogen-bond acceptors (Lipinski definition) is 10. The van der Waals surface area contributed by atoms with Crippen LogP contribution in [-0.4, -0.2) is 130 Å². The SMILES string of the molecule is C=N/C(=C\C(=C/C)C(=O)Nc1cn2nc(-c3c(-c4ccc(F)cc4)ncn3C3CCN(CCN4CCOCC4)CC3)ccc2n1)N1CCOCC1. The van der Waals surface area contributed by atoms with E-state index in [1.165, 1.54) is 12.1 Å². The molecule has 3 fully saturated rings. The minimum Gasteiger partial charge on any atom is -0.379 e. The molecule has 268 valence electrons. The molecule has 0 unspecified atom stereocenters. The third-order valence-electron chi connectivity index (χ3n) is 9.86. The molecule has 14 heteroatoms. The van der Waals surface area contributed by atoms with Crippen molar-refractivity contribution in [2.75, 3.05) is 84.1 Å². The normalized spacial score (nSPS) is 18.7. The third kappa shape index (κ3) is 8.09. The smallest absolute Gasteiger partial charge is 0.256 e. The number of hydrogen-bond donors (Lipinski definition) is 1. The molecule has 3 aliphatic rings. The predicted octanol–water partition coefficient (Wildman–Crippen LogP) is 4.13. The highest BCUT2D eigenvalue weighted by Crippen LogP contribution is 2.35. The summed E-state index contributed by atoms with van der Waals surface area (Å²) in [5.74, 6) is 0.374. The van der Waals surface area contributed by atoms with E-state index in [2.05, 4.69) is 36.4 Å². The molecule has 1 N–H and O–H groups in total. The Morgan fingerprint density at radius 2 is 1.67 bits per heavy atom. The van der Waals surface area contributed by atoms with Gasteiger partial charge in [0.2, 0.25) is 0 Å². The Hall–Kier alpha value is -4.76. The van der Waals surface area contributed by atoms with E-state index >= 15 is 0 Å². The number of piperidine rings is 1. The number of rotatable bonds is 11. The average Bonchev–Trinajstić information content (AvgIpc) is 3.80. The van der Waals surface area contributed by atoms with Gasteiger partial charge in [-0.3, -0.25) is 9.69 Å². The lowest BCUT2D eigenvalue weighted by atomic mass is 10.0. The summed E-state index contributed by atoms with van der Waals surface area (Å²) < 4.78 is 28.8. The highest BCUT2D eigenvalue weighted by Gasteiger charge is 2.27. The third-order valence-corrected chi connectivity index (χ3v) is 9.86. The molecule has 1 aromatic carbocycles. The van der Waals surface area contributed by atoms with Crippen LogP contribution in [0, 0.1) is 5.82 Å². The Morgan fingerprint density at radius 3 is 2.35 bits per heavy atom. The number of anilines is 1. The lowest BCUT2D eigenvalue weighted by molar-refractivity contribution is -0.112. The summed E-state index contributed by atoms with van der Waals surface area (Å²) in [7, 11) is 0. The summed E-state index contributed by atoms with van der Waals surface area (Å²) >= 11 is 0. The Bertz CT molecular complexity index is 1880. The van der Waals surface area contributed by atoms with Crippen LogP contribution >= 0.6 is 0 Å². The van der Waals surface area contributed by atoms with E-state index in [0.29, 0.717) is 54.9 Å². The van der Waals surface area contributed by atoms with Crippen molar-refractivity contribution in [3.05, 3.63) is 78.3 Å². The van der Waals surface area contributed by atoms with Crippen LogP contribution in [0.15, 0.2) is 77.5 Å². The second-order valence-corrected chi connectivity index (χ2v) is 13.0. The van der Waals surface area contributed by atoms with Crippen LogP contribution in [0.2, 0.25) is 0 Å². The number of imidazole rings is 2. The largest absolute Gasteiger partial charge is 0.379 e. The fourth-order valence-corrected chi connectivity index (χ4v) is 6.94. The first-order chi connectivity index (χ1) is 25.0. The van der Waals surface area contributed by atoms with Gasteiger partial charge in [-0.1, -0.05) is 6.08 Å². The number of carbonyl (C=O) groups excluding carboxylic acids is 1. The van der Waals surface area contributed by atoms with Crippen LogP contribution < -0.4 is 5.32 Å². The summed E-state index contributed by atoms with van der Waals surface area (Å²) in [6, 6.07) is 10.5. The second-order valence-electron chi connectivity index (χ2n) is 13.0. The van der Waals surface area contributed by atoms with Crippen LogP contribution in [-0.2, 0) is 14.3 Å². The number of amides is 1. The van der Waals surface area contributed by atoms with Crippen molar-refractivity contribution < 1.29 is 18.7 Å². The van der Waals surface area contributed by atoms with Gasteiger partial charge in [0.25, 0.3) is 5.91 Å². The fraction of sp³-hybridized carbons (Fsp3) is 0.432. The number of allylic oxidation sites excluding steroid dienone is 1. The highest BCUT2D eigenvalue weighted by atomic mass is 19.1. The molecule has 0 spiro atoms. The van der Waals surface area contributed by atoms with Crippen molar-refractivity contribution in [2.24, 2.45) is 4.99 Å². The molecule has 3 aromatic heterocycles. The number of aliphatic imine (C=N–C) groups is 1. The Morgan fingerprint density at radius 1 is 0.980 bits per heavy atom. The molecular formula is C37H45FN10O3. The molecule has 0 atom stereocenters. The molecule has 3 saturated heterocycles. The van der Waals surface area contributed by atoms with E-state index in [4.69, 9.17) is 19.6 Å². The van der Waals surface area contributed by atoms with Crippen LogP contribution in [0.1, 0.15) is 25.8 Å². The van der Waals surface area contributed by atoms with Crippen molar-refractivity contribution in [1.82, 2.24) is 38.8 Å². The zero-order valence-corrected chi connectivity index (χ0v) is 29.1. The molecular weight excluding hydrogens is 651 g/mol. The van der Waals surface area contributed by atoms with Crippen LogP contribution in [0.3, 0.4) is 0 Å². The molecule has 0 bridgehead atoms. The molecule has 3 aliphatic heterocycles. The van der Waals surface area contributed by atoms with Gasteiger partial charge < -0.3 is 29.2 Å². The van der Waals surface area contributed by atoms with Gasteiger partial charge in [-0.15, -0.1) is 0 Å². The number of nitrogens with zero attached hydrogens (tertiary/aromatic N) is 9. The number of nitrogens with one attached hydrogen (secondary N) is 1. The second kappa shape index (κ2) is 16.1. The van der Waals surface area contributed by atoms with Gasteiger partial charge in [0.1, 0.15) is 17.3 Å². The van der Waals surface area contributed by atoms with Crippen molar-refractivity contribution in [1.29, 1.82) is 0 Å². The lowest BCUT2D eigenvalue weighted by Crippen LogP contribution is -2.43. The minimum absolute atomic E-state index is 0.233. The van der Waals surface area contributed by atoms with Crippen LogP contribution in [0.25, 0.3) is 28.3 Å². The van der Waals surface area contributed by atoms with E-state index in [1.807, 2.05) is 23.4 Å². The maximum absolute atomic E-state index is 13.9. The van der Waals surface area contributed by atoms with Crippen molar-refractivity contribution in [3.8, 4) is 22.6 Å². The van der Waals surface area contributed by atoms with E-state index in [-0.39, 0.29) is 17.8 Å². The predicted molar refractivity (Wildman–Crippen MR) is 194 cm³/mol. The summed E-state index contributed by atoms with van der Waals surface area (Å²) in [5.41, 5.74) is 4.13. The molecule has 0 saturated carbocycles. The number of morpholine rings is 2. The molecule has 7 rings (SSSR count). The first-order valence-electron chi connectivity index (χ1n) is 17.7. The van der Waals surface area contributed by atoms with E-state index in [1.54, 1.807) is 41.9 Å². The number of halogens is 1. The first kappa shape index (κ1) is 34.7. The number of ether oxygens (including phenoxy) is 2. The van der Waals surface area contributed by atoms with Crippen LogP contribution in [0.5, 0.6) is 0 Å². The molecule has 0 aliphatic carbocycles. The van der Waals surface area contributed by atoms with Gasteiger partial charge in [0, 0.05) is 69.5 Å². The summed E-state index contributed by atoms with van der Waals surface area (Å²) in [6.07, 6.45) is 9.02. The summed E-state index contributed by atoms with van der Waals surface area (Å²) in [6.45, 7) is 15.8. The Kier molecular flexibility index (Phi) is 10.9. The van der Waals surface area contributed by atoms with E-state index in [0.717, 1.165) is 82.3 Å². The standard InChI is InChI=1S/C37H45FN10O3/c1-3-27(24-34(39-2)46-18-22-51-23-19-46)37(49)42-32-25-48-33(41-32)9-8-31(43-48)36-35(28-4-6-29(38)7-5-28)40-26-47(36)30-10-12-44(13-11-30)14-15-45-16-20-50-21-17-45/h3-9,24-26,30H,2,10-23H2,1H3,(H,42,49)/b27-3+,34-24+. The zero-order valence-electron chi connectivity index (χ0n) is 29.1. The number of aromatic nitrogens is 5. The van der Waals surface area contributed by atoms with Gasteiger partial charge in [-0.05, 0) is 69.0 Å². The number of benzene rings is 1. The highest BCUT2D eigenvalue weighted by molar-refractivity contribution is 6.05. The maximum atomic E-state index is 13.9. The summed E-state index contributed by atoms with van der Waals surface area (Å²) in [4.78, 5) is 34.1. The topological polar surface area (TPSA) is 118 Å². The van der Waals surface area contributed by atoms with E-state index < -0.39 is 0 Å². The minimum atomic E-state index is -0.316. The molecule has 51 heavy (non-hydrogen) atoms. The van der Waals surface area contributed by atoms with Gasteiger partial charge >= 0.3 is 0 Å². The number of fused-ring (bicyclic) bond motifs is 1. The zero-order chi connectivity index (χ0) is 35.2. The number of carbonyl (C=O) groups is 1. The van der Waals surface area contributed by atoms with E-state index in [9.17, 15) is 9.18 Å². The van der Waals surface area contributed by atoms with Gasteiger partial charge in [-0.2, -0.15) is 5.10 Å². The maximum Gasteiger partial charge on any atom is 0.256 e. The Balaban J connectivity index is 1.11. The quantitative estimate of drug-likeness (QED) is 0.140. The Labute approximate surface area is 297 Å². The van der Waals surface area contributed by atoms with Crippen LogP contribution in [0.4, 0.5) is 10.2 Å². The fourth-order valence-electron chi connectivity index (χ4n) is 6.94. The molecule has 1 amide bonds.